The maximum atomic E-state index is 12.7. The van der Waals surface area contributed by atoms with E-state index < -0.39 is 39.2 Å². The molecular formula is C9H4F6INO3. The number of alkyl halides is 6. The minimum atomic E-state index is -5.24. The lowest BCUT2D eigenvalue weighted by Gasteiger charge is -2.14. The number of rotatable bonds is 2. The number of hydrogen-bond acceptors (Lipinski definition) is 4. The molecule has 0 aliphatic rings. The molecule has 0 aromatic carbocycles. The quantitative estimate of drug-likeness (QED) is 0.423. The van der Waals surface area contributed by atoms with Gasteiger partial charge in [-0.3, -0.25) is 0 Å². The van der Waals surface area contributed by atoms with Gasteiger partial charge in [-0.1, -0.05) is 0 Å². The van der Waals surface area contributed by atoms with Gasteiger partial charge in [-0.15, -0.1) is 13.2 Å². The third-order valence-electron chi connectivity index (χ3n) is 1.84. The van der Waals surface area contributed by atoms with Gasteiger partial charge in [-0.2, -0.15) is 13.2 Å². The van der Waals surface area contributed by atoms with Crippen LogP contribution in [-0.2, 0) is 10.9 Å². The molecule has 112 valence electrons. The minimum Gasteiger partial charge on any atom is -0.464 e. The number of hydrogen-bond donors (Lipinski definition) is 0. The van der Waals surface area contributed by atoms with Gasteiger partial charge in [0.25, 0.3) is 0 Å². The predicted molar refractivity (Wildman–Crippen MR) is 60.0 cm³/mol. The molecule has 0 N–H and O–H groups in total. The van der Waals surface area contributed by atoms with E-state index >= 15 is 0 Å². The van der Waals surface area contributed by atoms with Gasteiger partial charge in [-0.05, 0) is 22.6 Å². The molecule has 0 aliphatic heterocycles. The summed E-state index contributed by atoms with van der Waals surface area (Å²) in [6.07, 6.45) is -10.2. The fourth-order valence-electron chi connectivity index (χ4n) is 1.11. The fourth-order valence-corrected chi connectivity index (χ4v) is 1.92. The van der Waals surface area contributed by atoms with Crippen LogP contribution >= 0.6 is 22.6 Å². The third-order valence-corrected chi connectivity index (χ3v) is 2.93. The Morgan fingerprint density at radius 2 is 1.80 bits per heavy atom. The monoisotopic (exact) mass is 415 g/mol. The van der Waals surface area contributed by atoms with Crippen molar-refractivity contribution in [1.29, 1.82) is 0 Å². The van der Waals surface area contributed by atoms with E-state index in [9.17, 15) is 31.1 Å². The van der Waals surface area contributed by atoms with Crippen molar-refractivity contribution in [2.75, 3.05) is 7.11 Å². The molecule has 0 atom stereocenters. The zero-order valence-corrected chi connectivity index (χ0v) is 11.6. The van der Waals surface area contributed by atoms with Gasteiger partial charge in [0.2, 0.25) is 5.88 Å². The highest BCUT2D eigenvalue weighted by molar-refractivity contribution is 14.1. The van der Waals surface area contributed by atoms with Crippen molar-refractivity contribution in [2.45, 2.75) is 12.5 Å². The summed E-state index contributed by atoms with van der Waals surface area (Å²) in [5, 5.41) is 0. The Bertz CT molecular complexity index is 528. The molecule has 1 aromatic rings. The summed E-state index contributed by atoms with van der Waals surface area (Å²) in [7, 11) is 0.852. The molecule has 11 heteroatoms. The molecule has 0 spiro atoms. The van der Waals surface area contributed by atoms with Crippen LogP contribution in [0.2, 0.25) is 0 Å². The molecule has 1 rings (SSSR count). The Morgan fingerprint density at radius 3 is 2.20 bits per heavy atom. The van der Waals surface area contributed by atoms with Crippen LogP contribution in [0, 0.1) is 3.57 Å². The number of esters is 1. The van der Waals surface area contributed by atoms with Gasteiger partial charge in [0.15, 0.2) is 5.69 Å². The number of ether oxygens (including phenoxy) is 2. The first-order chi connectivity index (χ1) is 8.95. The minimum absolute atomic E-state index is 0.0572. The molecule has 4 nitrogen and oxygen atoms in total. The standard InChI is InChI=1S/C9H4F6INO3/c1-19-7(18)6-5(16)3(8(10,11)12)2-4(17-6)20-9(13,14)15/h2H,1H3. The van der Waals surface area contributed by atoms with Crippen LogP contribution in [0.5, 0.6) is 5.88 Å². The van der Waals surface area contributed by atoms with E-state index in [0.717, 1.165) is 29.7 Å². The Balaban J connectivity index is 3.46. The van der Waals surface area contributed by atoms with Crippen LogP contribution in [-0.4, -0.2) is 24.4 Å². The van der Waals surface area contributed by atoms with Crippen LogP contribution in [0.1, 0.15) is 16.1 Å². The van der Waals surface area contributed by atoms with E-state index in [4.69, 9.17) is 0 Å². The molecule has 0 aliphatic carbocycles. The number of pyridine rings is 1. The molecule has 0 amide bonds. The lowest BCUT2D eigenvalue weighted by molar-refractivity contribution is -0.276. The number of halogens is 7. The van der Waals surface area contributed by atoms with Crippen molar-refractivity contribution in [3.8, 4) is 5.88 Å². The lowest BCUT2D eigenvalue weighted by Crippen LogP contribution is -2.21. The van der Waals surface area contributed by atoms with E-state index in [1.54, 1.807) is 0 Å². The number of nitrogens with zero attached hydrogens (tertiary/aromatic N) is 1. The topological polar surface area (TPSA) is 48.4 Å². The summed E-state index contributed by atoms with van der Waals surface area (Å²) in [4.78, 5) is 14.3. The smallest absolute Gasteiger partial charge is 0.464 e. The number of carbonyl (C=O) groups excluding carboxylic acids is 1. The highest BCUT2D eigenvalue weighted by Gasteiger charge is 2.39. The second-order valence-corrected chi connectivity index (χ2v) is 4.29. The summed E-state index contributed by atoms with van der Waals surface area (Å²) in [5.41, 5.74) is -2.39. The van der Waals surface area contributed by atoms with Crippen LogP contribution in [0.3, 0.4) is 0 Å². The van der Waals surface area contributed by atoms with Crippen LogP contribution in [0.4, 0.5) is 26.3 Å². The average Bonchev–Trinajstić information content (AvgIpc) is 2.26. The predicted octanol–water partition coefficient (Wildman–Crippen LogP) is 3.39. The van der Waals surface area contributed by atoms with Crippen LogP contribution in [0.15, 0.2) is 6.07 Å². The molecule has 0 fully saturated rings. The molecule has 0 bridgehead atoms. The van der Waals surface area contributed by atoms with Crippen molar-refractivity contribution >= 4 is 28.6 Å². The summed E-state index contributed by atoms with van der Waals surface area (Å²) < 4.78 is 80.9. The van der Waals surface area contributed by atoms with Crippen molar-refractivity contribution in [3.63, 3.8) is 0 Å². The largest absolute Gasteiger partial charge is 0.574 e. The normalized spacial score (nSPS) is 12.2. The van der Waals surface area contributed by atoms with Crippen LogP contribution < -0.4 is 4.74 Å². The van der Waals surface area contributed by atoms with Gasteiger partial charge in [0.1, 0.15) is 0 Å². The van der Waals surface area contributed by atoms with E-state index in [0.29, 0.717) is 0 Å². The molecule has 1 aromatic heterocycles. The molecular weight excluding hydrogens is 411 g/mol. The van der Waals surface area contributed by atoms with E-state index in [2.05, 4.69) is 14.5 Å². The summed E-state index contributed by atoms with van der Waals surface area (Å²) in [6, 6.07) is 0.0572. The van der Waals surface area contributed by atoms with E-state index in [1.807, 2.05) is 0 Å². The number of carbonyl (C=O) groups is 1. The first kappa shape index (κ1) is 16.8. The molecule has 20 heavy (non-hydrogen) atoms. The summed E-state index contributed by atoms with van der Waals surface area (Å²) >= 11 is 1.14. The molecule has 0 unspecified atom stereocenters. The van der Waals surface area contributed by atoms with Crippen LogP contribution in [0.25, 0.3) is 0 Å². The van der Waals surface area contributed by atoms with Crippen molar-refractivity contribution in [1.82, 2.24) is 4.98 Å². The van der Waals surface area contributed by atoms with Gasteiger partial charge in [-0.25, -0.2) is 9.78 Å². The Hall–Kier alpha value is -1.27. The van der Waals surface area contributed by atoms with Gasteiger partial charge in [0, 0.05) is 6.07 Å². The van der Waals surface area contributed by atoms with Crippen molar-refractivity contribution in [3.05, 3.63) is 20.9 Å². The van der Waals surface area contributed by atoms with Crippen molar-refractivity contribution < 1.29 is 40.6 Å². The SMILES string of the molecule is COC(=O)c1nc(OC(F)(F)F)cc(C(F)(F)F)c1I. The Morgan fingerprint density at radius 1 is 1.25 bits per heavy atom. The second kappa shape index (κ2) is 5.61. The lowest BCUT2D eigenvalue weighted by atomic mass is 10.2. The maximum absolute atomic E-state index is 12.7. The maximum Gasteiger partial charge on any atom is 0.574 e. The van der Waals surface area contributed by atoms with Gasteiger partial charge in [0.05, 0.1) is 16.2 Å². The van der Waals surface area contributed by atoms with E-state index in [1.165, 1.54) is 0 Å². The molecule has 1 heterocycles. The summed E-state index contributed by atoms with van der Waals surface area (Å²) in [6.45, 7) is 0. The summed E-state index contributed by atoms with van der Waals surface area (Å²) in [5.74, 6) is -2.71. The molecule has 0 radical (unpaired) electrons. The first-order valence-electron chi connectivity index (χ1n) is 4.57. The second-order valence-electron chi connectivity index (χ2n) is 3.21. The zero-order valence-electron chi connectivity index (χ0n) is 9.40. The molecule has 0 saturated carbocycles. The van der Waals surface area contributed by atoms with Gasteiger partial charge >= 0.3 is 18.5 Å². The van der Waals surface area contributed by atoms with E-state index in [-0.39, 0.29) is 6.07 Å². The average molecular weight is 415 g/mol. The fraction of sp³-hybridized carbons (Fsp3) is 0.333. The highest BCUT2D eigenvalue weighted by Crippen LogP contribution is 2.36. The third kappa shape index (κ3) is 4.11. The number of aromatic nitrogens is 1. The van der Waals surface area contributed by atoms with Gasteiger partial charge < -0.3 is 9.47 Å². The Kier molecular flexibility index (Phi) is 4.71. The Labute approximate surface area is 121 Å². The highest BCUT2D eigenvalue weighted by atomic mass is 127. The first-order valence-corrected chi connectivity index (χ1v) is 5.65. The zero-order chi connectivity index (χ0) is 15.7. The molecule has 0 saturated heterocycles. The number of methoxy groups -OCH3 is 1. The van der Waals surface area contributed by atoms with Crippen molar-refractivity contribution in [2.24, 2.45) is 0 Å².